The zero-order valence-corrected chi connectivity index (χ0v) is 14.9. The molecule has 0 fully saturated rings. The first-order valence-electron chi connectivity index (χ1n) is 8.17. The van der Waals surface area contributed by atoms with Gasteiger partial charge in [-0.3, -0.25) is 4.79 Å². The Bertz CT molecular complexity index is 897. The van der Waals surface area contributed by atoms with Crippen molar-refractivity contribution in [2.24, 2.45) is 0 Å². The van der Waals surface area contributed by atoms with Gasteiger partial charge in [0.1, 0.15) is 5.75 Å². The maximum Gasteiger partial charge on any atom is 0.337 e. The third-order valence-corrected chi connectivity index (χ3v) is 3.69. The first-order chi connectivity index (χ1) is 13.0. The van der Waals surface area contributed by atoms with Gasteiger partial charge in [0.05, 0.1) is 24.9 Å². The summed E-state index contributed by atoms with van der Waals surface area (Å²) in [7, 11) is 1.59. The molecule has 0 saturated carbocycles. The Morgan fingerprint density at radius 3 is 2.74 bits per heavy atom. The molecule has 0 saturated heterocycles. The van der Waals surface area contributed by atoms with E-state index in [0.29, 0.717) is 13.1 Å². The van der Waals surface area contributed by atoms with E-state index in [1.54, 1.807) is 25.3 Å². The number of hydrogen-bond donors (Lipinski definition) is 3. The third-order valence-electron chi connectivity index (χ3n) is 3.69. The average Bonchev–Trinajstić information content (AvgIpc) is 2.67. The topological polar surface area (TPSA) is 87.7 Å². The van der Waals surface area contributed by atoms with Crippen LogP contribution in [0.3, 0.4) is 0 Å². The lowest BCUT2D eigenvalue weighted by molar-refractivity contribution is -0.111. The minimum absolute atomic E-state index is 0.0329. The van der Waals surface area contributed by atoms with Crippen LogP contribution in [0.2, 0.25) is 0 Å². The van der Waals surface area contributed by atoms with Gasteiger partial charge in [-0.2, -0.15) is 0 Å². The van der Waals surface area contributed by atoms with Gasteiger partial charge in [0.25, 0.3) is 0 Å². The first kappa shape index (κ1) is 19.8. The SMILES string of the molecule is C#CCNCc1cc(/C=C/C(=O)Nc2ccccc2C(=O)O)ccc1OC. The monoisotopic (exact) mass is 364 g/mol. The van der Waals surface area contributed by atoms with Gasteiger partial charge in [0, 0.05) is 18.2 Å². The molecular formula is C21H20N2O4. The number of rotatable bonds is 8. The zero-order chi connectivity index (χ0) is 19.6. The highest BCUT2D eigenvalue weighted by atomic mass is 16.5. The summed E-state index contributed by atoms with van der Waals surface area (Å²) in [5.74, 6) is 1.70. The molecule has 0 aromatic heterocycles. The molecule has 0 heterocycles. The van der Waals surface area contributed by atoms with Crippen molar-refractivity contribution in [2.45, 2.75) is 6.54 Å². The van der Waals surface area contributed by atoms with Crippen LogP contribution in [0.1, 0.15) is 21.5 Å². The first-order valence-corrected chi connectivity index (χ1v) is 8.17. The van der Waals surface area contributed by atoms with Crippen LogP contribution in [0.5, 0.6) is 5.75 Å². The second-order valence-corrected chi connectivity index (χ2v) is 5.55. The molecule has 27 heavy (non-hydrogen) atoms. The second kappa shape index (κ2) is 9.80. The molecule has 0 aliphatic rings. The molecule has 0 bridgehead atoms. The van der Waals surface area contributed by atoms with Crippen molar-refractivity contribution in [3.8, 4) is 18.1 Å². The van der Waals surface area contributed by atoms with Crippen LogP contribution in [0.15, 0.2) is 48.5 Å². The van der Waals surface area contributed by atoms with Crippen molar-refractivity contribution in [3.05, 3.63) is 65.2 Å². The number of carbonyl (C=O) groups is 2. The Labute approximate surface area is 157 Å². The van der Waals surface area contributed by atoms with Crippen LogP contribution in [0.25, 0.3) is 6.08 Å². The van der Waals surface area contributed by atoms with E-state index >= 15 is 0 Å². The molecule has 6 nitrogen and oxygen atoms in total. The summed E-state index contributed by atoms with van der Waals surface area (Å²) in [5.41, 5.74) is 1.99. The minimum Gasteiger partial charge on any atom is -0.496 e. The number of amides is 1. The van der Waals surface area contributed by atoms with E-state index in [-0.39, 0.29) is 11.3 Å². The summed E-state index contributed by atoms with van der Waals surface area (Å²) in [6, 6.07) is 11.7. The number of anilines is 1. The highest BCUT2D eigenvalue weighted by Gasteiger charge is 2.10. The summed E-state index contributed by atoms with van der Waals surface area (Å²) in [6.45, 7) is 0.974. The molecule has 0 unspecified atom stereocenters. The van der Waals surface area contributed by atoms with Gasteiger partial charge in [0.15, 0.2) is 0 Å². The summed E-state index contributed by atoms with van der Waals surface area (Å²) in [5, 5.41) is 14.8. The lowest BCUT2D eigenvalue weighted by atomic mass is 10.1. The van der Waals surface area contributed by atoms with Crippen LogP contribution in [0, 0.1) is 12.3 Å². The van der Waals surface area contributed by atoms with Crippen LogP contribution in [-0.2, 0) is 11.3 Å². The Hall–Kier alpha value is -3.56. The van der Waals surface area contributed by atoms with Crippen LogP contribution in [-0.4, -0.2) is 30.6 Å². The van der Waals surface area contributed by atoms with E-state index in [9.17, 15) is 9.59 Å². The van der Waals surface area contributed by atoms with Crippen molar-refractivity contribution < 1.29 is 19.4 Å². The van der Waals surface area contributed by atoms with Crippen molar-refractivity contribution in [1.29, 1.82) is 0 Å². The van der Waals surface area contributed by atoms with E-state index in [0.717, 1.165) is 16.9 Å². The molecule has 0 spiro atoms. The summed E-state index contributed by atoms with van der Waals surface area (Å²) in [6.07, 6.45) is 8.22. The fraction of sp³-hybridized carbons (Fsp3) is 0.143. The van der Waals surface area contributed by atoms with Crippen LogP contribution >= 0.6 is 0 Å². The van der Waals surface area contributed by atoms with Gasteiger partial charge in [-0.05, 0) is 35.9 Å². The Morgan fingerprint density at radius 1 is 1.26 bits per heavy atom. The molecule has 2 aromatic carbocycles. The Balaban J connectivity index is 2.11. The van der Waals surface area contributed by atoms with Crippen molar-refractivity contribution >= 4 is 23.6 Å². The molecule has 0 aliphatic carbocycles. The number of nitrogens with one attached hydrogen (secondary N) is 2. The standard InChI is InChI=1S/C21H20N2O4/c1-3-12-22-14-16-13-15(8-10-19(16)27-2)9-11-20(24)23-18-7-5-4-6-17(18)21(25)26/h1,4-11,13,22H,12,14H2,2H3,(H,23,24)(H,25,26)/b11-9+. The highest BCUT2D eigenvalue weighted by molar-refractivity contribution is 6.06. The molecule has 3 N–H and O–H groups in total. The molecule has 0 radical (unpaired) electrons. The number of carboxylic acids is 1. The highest BCUT2D eigenvalue weighted by Crippen LogP contribution is 2.21. The van der Waals surface area contributed by atoms with Crippen LogP contribution < -0.4 is 15.4 Å². The molecular weight excluding hydrogens is 344 g/mol. The van der Waals surface area contributed by atoms with Gasteiger partial charge < -0.3 is 20.5 Å². The van der Waals surface area contributed by atoms with E-state index in [1.165, 1.54) is 18.2 Å². The van der Waals surface area contributed by atoms with Gasteiger partial charge >= 0.3 is 5.97 Å². The van der Waals surface area contributed by atoms with Gasteiger partial charge in [0.2, 0.25) is 5.91 Å². The predicted molar refractivity (Wildman–Crippen MR) is 105 cm³/mol. The normalized spacial score (nSPS) is 10.4. The largest absolute Gasteiger partial charge is 0.496 e. The number of methoxy groups -OCH3 is 1. The number of carboxylic acid groups (broad SMARTS) is 1. The zero-order valence-electron chi connectivity index (χ0n) is 14.9. The lowest BCUT2D eigenvalue weighted by Crippen LogP contribution is -2.14. The third kappa shape index (κ3) is 5.73. The van der Waals surface area contributed by atoms with Crippen molar-refractivity contribution in [3.63, 3.8) is 0 Å². The average molecular weight is 364 g/mol. The Kier molecular flexibility index (Phi) is 7.17. The number of terminal acetylenes is 1. The van der Waals surface area contributed by atoms with Gasteiger partial charge in [-0.15, -0.1) is 6.42 Å². The van der Waals surface area contributed by atoms with Crippen LogP contribution in [0.4, 0.5) is 5.69 Å². The van der Waals surface area contributed by atoms with E-state index in [2.05, 4.69) is 16.6 Å². The maximum absolute atomic E-state index is 12.1. The molecule has 0 atom stereocenters. The number of carbonyl (C=O) groups excluding carboxylic acids is 1. The smallest absolute Gasteiger partial charge is 0.337 e. The molecule has 1 amide bonds. The summed E-state index contributed by atoms with van der Waals surface area (Å²) < 4.78 is 5.32. The molecule has 2 aromatic rings. The van der Waals surface area contributed by atoms with Crippen molar-refractivity contribution in [1.82, 2.24) is 5.32 Å². The van der Waals surface area contributed by atoms with Crippen molar-refractivity contribution in [2.75, 3.05) is 19.0 Å². The second-order valence-electron chi connectivity index (χ2n) is 5.55. The quantitative estimate of drug-likeness (QED) is 0.381. The number of hydrogen-bond acceptors (Lipinski definition) is 4. The van der Waals surface area contributed by atoms with Gasteiger partial charge in [-0.25, -0.2) is 4.79 Å². The number of para-hydroxylation sites is 1. The fourth-order valence-electron chi connectivity index (χ4n) is 2.43. The van der Waals surface area contributed by atoms with Gasteiger partial charge in [-0.1, -0.05) is 24.1 Å². The molecule has 138 valence electrons. The van der Waals surface area contributed by atoms with E-state index < -0.39 is 11.9 Å². The molecule has 2 rings (SSSR count). The maximum atomic E-state index is 12.1. The Morgan fingerprint density at radius 2 is 2.04 bits per heavy atom. The predicted octanol–water partition coefficient (Wildman–Crippen LogP) is 2.77. The number of ether oxygens (including phenoxy) is 1. The molecule has 6 heteroatoms. The number of aromatic carboxylic acids is 1. The molecule has 0 aliphatic heterocycles. The minimum atomic E-state index is -1.10. The van der Waals surface area contributed by atoms with E-state index in [4.69, 9.17) is 16.3 Å². The fourth-order valence-corrected chi connectivity index (χ4v) is 2.43. The van der Waals surface area contributed by atoms with E-state index in [1.807, 2.05) is 18.2 Å². The number of benzene rings is 2. The lowest BCUT2D eigenvalue weighted by Gasteiger charge is -2.10. The summed E-state index contributed by atoms with van der Waals surface area (Å²) in [4.78, 5) is 23.3. The summed E-state index contributed by atoms with van der Waals surface area (Å²) >= 11 is 0.